The lowest BCUT2D eigenvalue weighted by Gasteiger charge is -2.30. The summed E-state index contributed by atoms with van der Waals surface area (Å²) in [4.78, 5) is 27.6. The number of nitrogens with one attached hydrogen (secondary N) is 1. The number of benzene rings is 2. The van der Waals surface area contributed by atoms with Crippen LogP contribution in [-0.4, -0.2) is 50.0 Å². The summed E-state index contributed by atoms with van der Waals surface area (Å²) in [7, 11) is -3.51. The molecule has 0 saturated carbocycles. The van der Waals surface area contributed by atoms with Crippen molar-refractivity contribution in [2.75, 3.05) is 17.1 Å². The summed E-state index contributed by atoms with van der Waals surface area (Å²) in [5.41, 5.74) is 3.72. The summed E-state index contributed by atoms with van der Waals surface area (Å²) in [6.07, 6.45) is 2.51. The van der Waals surface area contributed by atoms with Gasteiger partial charge < -0.3 is 10.2 Å². The van der Waals surface area contributed by atoms with E-state index in [-0.39, 0.29) is 30.8 Å². The number of carbonyl (C=O) groups excluding carboxylic acids is 2. The molecule has 2 aromatic rings. The van der Waals surface area contributed by atoms with E-state index in [9.17, 15) is 18.0 Å². The van der Waals surface area contributed by atoms with Crippen molar-refractivity contribution >= 4 is 27.5 Å². The minimum atomic E-state index is -3.51. The van der Waals surface area contributed by atoms with Crippen LogP contribution in [0.15, 0.2) is 48.5 Å². The van der Waals surface area contributed by atoms with Gasteiger partial charge >= 0.3 is 0 Å². The van der Waals surface area contributed by atoms with Gasteiger partial charge in [-0.25, -0.2) is 8.42 Å². The molecular formula is C27H39N3O4S. The van der Waals surface area contributed by atoms with E-state index in [0.29, 0.717) is 18.7 Å². The van der Waals surface area contributed by atoms with Crippen LogP contribution >= 0.6 is 0 Å². The lowest BCUT2D eigenvalue weighted by Crippen LogP contribution is -2.49. The van der Waals surface area contributed by atoms with Gasteiger partial charge in [0.15, 0.2) is 0 Å². The Balaban J connectivity index is 2.16. The second kappa shape index (κ2) is 12.7. The van der Waals surface area contributed by atoms with Crippen molar-refractivity contribution in [1.82, 2.24) is 10.2 Å². The first-order valence-electron chi connectivity index (χ1n) is 12.1. The molecule has 192 valence electrons. The van der Waals surface area contributed by atoms with Gasteiger partial charge in [0.25, 0.3) is 0 Å². The normalized spacial score (nSPS) is 12.3. The summed E-state index contributed by atoms with van der Waals surface area (Å²) in [6, 6.07) is 14.6. The molecule has 0 aromatic heterocycles. The molecule has 0 fully saturated rings. The first-order chi connectivity index (χ1) is 16.4. The molecule has 0 radical (unpaired) electrons. The largest absolute Gasteiger partial charge is 0.352 e. The van der Waals surface area contributed by atoms with E-state index in [4.69, 9.17) is 0 Å². The van der Waals surface area contributed by atoms with Gasteiger partial charge in [-0.2, -0.15) is 0 Å². The number of aryl methyl sites for hydroxylation is 2. The molecule has 0 aliphatic carbocycles. The van der Waals surface area contributed by atoms with E-state index < -0.39 is 16.1 Å². The lowest BCUT2D eigenvalue weighted by atomic mass is 10.1. The van der Waals surface area contributed by atoms with Crippen LogP contribution in [0, 0.1) is 6.92 Å². The maximum atomic E-state index is 13.3. The minimum absolute atomic E-state index is 0.0386. The number of carbonyl (C=O) groups is 2. The SMILES string of the molecule is CCc1ccc(N(CCCC(=O)N(Cc2cccc(C)c2)[C@H](C)C(=O)NC(C)C)S(C)(=O)=O)cc1. The summed E-state index contributed by atoms with van der Waals surface area (Å²) in [5, 5.41) is 2.88. The molecule has 1 N–H and O–H groups in total. The molecule has 0 aliphatic heterocycles. The predicted molar refractivity (Wildman–Crippen MR) is 142 cm³/mol. The van der Waals surface area contributed by atoms with Crippen molar-refractivity contribution in [3.05, 3.63) is 65.2 Å². The molecule has 2 amide bonds. The fourth-order valence-electron chi connectivity index (χ4n) is 3.90. The topological polar surface area (TPSA) is 86.8 Å². The molecule has 35 heavy (non-hydrogen) atoms. The highest BCUT2D eigenvalue weighted by molar-refractivity contribution is 7.92. The quantitative estimate of drug-likeness (QED) is 0.475. The third-order valence-electron chi connectivity index (χ3n) is 5.82. The fourth-order valence-corrected chi connectivity index (χ4v) is 4.86. The minimum Gasteiger partial charge on any atom is -0.352 e. The molecule has 0 unspecified atom stereocenters. The highest BCUT2D eigenvalue weighted by Gasteiger charge is 2.27. The molecule has 0 spiro atoms. The van der Waals surface area contributed by atoms with Crippen molar-refractivity contribution in [2.45, 2.75) is 72.5 Å². The first-order valence-corrected chi connectivity index (χ1v) is 14.0. The number of rotatable bonds is 12. The maximum Gasteiger partial charge on any atom is 0.242 e. The summed E-state index contributed by atoms with van der Waals surface area (Å²) in [5.74, 6) is -0.400. The van der Waals surface area contributed by atoms with E-state index >= 15 is 0 Å². The van der Waals surface area contributed by atoms with Gasteiger partial charge in [-0.15, -0.1) is 0 Å². The van der Waals surface area contributed by atoms with Gasteiger partial charge in [-0.05, 0) is 63.8 Å². The van der Waals surface area contributed by atoms with Crippen LogP contribution in [0.2, 0.25) is 0 Å². The smallest absolute Gasteiger partial charge is 0.242 e. The van der Waals surface area contributed by atoms with Gasteiger partial charge in [0, 0.05) is 25.6 Å². The zero-order valence-corrected chi connectivity index (χ0v) is 22.6. The van der Waals surface area contributed by atoms with Gasteiger partial charge in [-0.1, -0.05) is 48.9 Å². The summed E-state index contributed by atoms with van der Waals surface area (Å²) in [6.45, 7) is 10.00. The molecule has 2 rings (SSSR count). The molecule has 0 bridgehead atoms. The fraction of sp³-hybridized carbons (Fsp3) is 0.481. The van der Waals surface area contributed by atoms with Crippen LogP contribution < -0.4 is 9.62 Å². The van der Waals surface area contributed by atoms with Crippen molar-refractivity contribution in [3.63, 3.8) is 0 Å². The van der Waals surface area contributed by atoms with Gasteiger partial charge in [0.05, 0.1) is 11.9 Å². The Morgan fingerprint density at radius 2 is 1.66 bits per heavy atom. The van der Waals surface area contributed by atoms with Crippen LogP contribution in [0.4, 0.5) is 5.69 Å². The van der Waals surface area contributed by atoms with Crippen LogP contribution in [0.1, 0.15) is 57.2 Å². The zero-order chi connectivity index (χ0) is 26.2. The molecule has 7 nitrogen and oxygen atoms in total. The number of nitrogens with zero attached hydrogens (tertiary/aromatic N) is 2. The van der Waals surface area contributed by atoms with Crippen LogP contribution in [0.3, 0.4) is 0 Å². The van der Waals surface area contributed by atoms with E-state index in [1.165, 1.54) is 10.6 Å². The van der Waals surface area contributed by atoms with Gasteiger partial charge in [0.2, 0.25) is 21.8 Å². The molecular weight excluding hydrogens is 462 g/mol. The highest BCUT2D eigenvalue weighted by atomic mass is 32.2. The van der Waals surface area contributed by atoms with E-state index in [1.807, 2.05) is 64.1 Å². The Morgan fingerprint density at radius 3 is 2.20 bits per heavy atom. The number of hydrogen-bond acceptors (Lipinski definition) is 4. The zero-order valence-electron chi connectivity index (χ0n) is 21.7. The molecule has 8 heteroatoms. The maximum absolute atomic E-state index is 13.3. The van der Waals surface area contributed by atoms with E-state index in [1.54, 1.807) is 24.0 Å². The van der Waals surface area contributed by atoms with Crippen molar-refractivity contribution < 1.29 is 18.0 Å². The van der Waals surface area contributed by atoms with Crippen molar-refractivity contribution in [2.24, 2.45) is 0 Å². The third kappa shape index (κ3) is 8.69. The highest BCUT2D eigenvalue weighted by Crippen LogP contribution is 2.20. The Bertz CT molecular complexity index is 1100. The first kappa shape index (κ1) is 28.4. The number of sulfonamides is 1. The molecule has 1 atom stereocenters. The van der Waals surface area contributed by atoms with Crippen molar-refractivity contribution in [1.29, 1.82) is 0 Å². The van der Waals surface area contributed by atoms with Crippen molar-refractivity contribution in [3.8, 4) is 0 Å². The number of amides is 2. The molecule has 2 aromatic carbocycles. The standard InChI is InChI=1S/C27H39N3O4S/c1-7-23-13-15-25(16-14-23)30(35(6,33)34)17-9-12-26(31)29(22(5)27(32)28-20(2)3)19-24-11-8-10-21(4)18-24/h8,10-11,13-16,18,20,22H,7,9,12,17,19H2,1-6H3,(H,28,32)/t22-/m1/s1. The average molecular weight is 502 g/mol. The second-order valence-corrected chi connectivity index (χ2v) is 11.2. The number of anilines is 1. The lowest BCUT2D eigenvalue weighted by molar-refractivity contribution is -0.140. The Hall–Kier alpha value is -2.87. The van der Waals surface area contributed by atoms with Crippen LogP contribution in [0.25, 0.3) is 0 Å². The van der Waals surface area contributed by atoms with E-state index in [2.05, 4.69) is 5.32 Å². The Kier molecular flexibility index (Phi) is 10.3. The van der Waals surface area contributed by atoms with Gasteiger partial charge in [-0.3, -0.25) is 13.9 Å². The summed E-state index contributed by atoms with van der Waals surface area (Å²) < 4.78 is 26.2. The summed E-state index contributed by atoms with van der Waals surface area (Å²) >= 11 is 0. The third-order valence-corrected chi connectivity index (χ3v) is 7.01. The monoisotopic (exact) mass is 501 g/mol. The van der Waals surface area contributed by atoms with Crippen LogP contribution in [-0.2, 0) is 32.6 Å². The molecule has 0 heterocycles. The average Bonchev–Trinajstić information content (AvgIpc) is 2.78. The van der Waals surface area contributed by atoms with Crippen LogP contribution in [0.5, 0.6) is 0 Å². The molecule has 0 aliphatic rings. The van der Waals surface area contributed by atoms with Gasteiger partial charge in [0.1, 0.15) is 6.04 Å². The second-order valence-electron chi connectivity index (χ2n) is 9.31. The predicted octanol–water partition coefficient (Wildman–Crippen LogP) is 4.05. The number of hydrogen-bond donors (Lipinski definition) is 1. The Labute approximate surface area is 210 Å². The Morgan fingerprint density at radius 1 is 1.00 bits per heavy atom. The molecule has 0 saturated heterocycles. The van der Waals surface area contributed by atoms with E-state index in [0.717, 1.165) is 23.1 Å².